The molecule has 0 aliphatic heterocycles. The van der Waals surface area contributed by atoms with E-state index < -0.39 is 0 Å². The Hall–Kier alpha value is -3.94. The lowest BCUT2D eigenvalue weighted by Crippen LogP contribution is -2.22. The number of benzene rings is 1. The van der Waals surface area contributed by atoms with Crippen molar-refractivity contribution in [2.45, 2.75) is 13.5 Å². The van der Waals surface area contributed by atoms with Crippen LogP contribution in [0.2, 0.25) is 0 Å². The highest BCUT2D eigenvalue weighted by Gasteiger charge is 2.14. The van der Waals surface area contributed by atoms with Crippen LogP contribution in [0, 0.1) is 0 Å². The van der Waals surface area contributed by atoms with Crippen LogP contribution in [0.15, 0.2) is 71.8 Å². The van der Waals surface area contributed by atoms with Crippen LogP contribution < -0.4 is 10.4 Å². The van der Waals surface area contributed by atoms with Gasteiger partial charge in [-0.1, -0.05) is 6.07 Å². The van der Waals surface area contributed by atoms with Crippen molar-refractivity contribution in [3.05, 3.63) is 77.5 Å². The fraction of sp³-hybridized carbons (Fsp3) is 0.100. The van der Waals surface area contributed by atoms with Gasteiger partial charge >= 0.3 is 11.7 Å². The van der Waals surface area contributed by atoms with E-state index in [4.69, 9.17) is 4.74 Å². The van der Waals surface area contributed by atoms with Gasteiger partial charge in [0.25, 0.3) is 0 Å². The summed E-state index contributed by atoms with van der Waals surface area (Å²) in [7, 11) is 0. The van der Waals surface area contributed by atoms with Gasteiger partial charge in [0.1, 0.15) is 5.75 Å². The van der Waals surface area contributed by atoms with Crippen LogP contribution in [0.3, 0.4) is 0 Å². The van der Waals surface area contributed by atoms with E-state index in [1.54, 1.807) is 38.2 Å². The lowest BCUT2D eigenvalue weighted by Gasteiger charge is -2.05. The molecule has 1 aromatic carbocycles. The number of hydrogen-bond acceptors (Lipinski definition) is 5. The zero-order chi connectivity index (χ0) is 19.1. The summed E-state index contributed by atoms with van der Waals surface area (Å²) >= 11 is 0. The summed E-state index contributed by atoms with van der Waals surface area (Å²) in [5.41, 5.74) is 2.75. The number of fused-ring (bicyclic) bond motifs is 2. The lowest BCUT2D eigenvalue weighted by molar-refractivity contribution is 0.442. The number of rotatable bonds is 4. The Morgan fingerprint density at radius 1 is 1.04 bits per heavy atom. The first-order valence-electron chi connectivity index (χ1n) is 8.90. The van der Waals surface area contributed by atoms with E-state index in [1.807, 2.05) is 49.4 Å². The second-order valence-electron chi connectivity index (χ2n) is 6.20. The molecule has 8 heteroatoms. The molecular weight excluding hydrogens is 356 g/mol. The number of imidazole rings is 1. The van der Waals surface area contributed by atoms with Gasteiger partial charge < -0.3 is 4.74 Å². The van der Waals surface area contributed by atoms with Crippen LogP contribution in [0.4, 0.5) is 0 Å². The molecule has 0 saturated heterocycles. The highest BCUT2D eigenvalue weighted by molar-refractivity contribution is 5.73. The van der Waals surface area contributed by atoms with Crippen LogP contribution in [0.25, 0.3) is 22.5 Å². The van der Waals surface area contributed by atoms with E-state index in [0.717, 1.165) is 11.2 Å². The SMILES string of the molecule is CCn1c(=O)n(-c2ccc(Oc3nc4ccccn4n3)cc2)c2ncccc21. The van der Waals surface area contributed by atoms with Crippen molar-refractivity contribution in [3.63, 3.8) is 0 Å². The maximum Gasteiger partial charge on any atom is 0.341 e. The summed E-state index contributed by atoms with van der Waals surface area (Å²) in [6.07, 6.45) is 3.49. The molecule has 0 radical (unpaired) electrons. The highest BCUT2D eigenvalue weighted by atomic mass is 16.5. The third-order valence-electron chi connectivity index (χ3n) is 4.53. The Labute approximate surface area is 159 Å². The van der Waals surface area contributed by atoms with Gasteiger partial charge in [-0.3, -0.25) is 4.57 Å². The first kappa shape index (κ1) is 16.2. The Morgan fingerprint density at radius 2 is 1.89 bits per heavy atom. The molecule has 4 aromatic heterocycles. The van der Waals surface area contributed by atoms with Crippen LogP contribution in [0.1, 0.15) is 6.92 Å². The molecule has 0 aliphatic carbocycles. The second kappa shape index (κ2) is 6.34. The number of hydrogen-bond donors (Lipinski definition) is 0. The molecule has 5 aromatic rings. The molecule has 0 N–H and O–H groups in total. The van der Waals surface area contributed by atoms with E-state index >= 15 is 0 Å². The molecule has 138 valence electrons. The number of pyridine rings is 2. The van der Waals surface area contributed by atoms with Crippen LogP contribution in [-0.2, 0) is 6.54 Å². The van der Waals surface area contributed by atoms with E-state index in [2.05, 4.69) is 15.1 Å². The minimum absolute atomic E-state index is 0.119. The van der Waals surface area contributed by atoms with Gasteiger partial charge in [0.05, 0.1) is 11.2 Å². The predicted octanol–water partition coefficient (Wildman–Crippen LogP) is 3.04. The van der Waals surface area contributed by atoms with Crippen molar-refractivity contribution >= 4 is 16.8 Å². The topological polar surface area (TPSA) is 79.2 Å². The molecule has 0 bridgehead atoms. The average molecular weight is 372 g/mol. The quantitative estimate of drug-likeness (QED) is 0.484. The standard InChI is InChI=1S/C20H16N6O2/c1-2-24-16-6-5-12-21-18(16)26(20(24)27)14-8-10-15(11-9-14)28-19-22-17-7-3-4-13-25(17)23-19/h3-13H,2H2,1H3. The molecule has 0 spiro atoms. The Kier molecular flexibility index (Phi) is 3.68. The van der Waals surface area contributed by atoms with Gasteiger partial charge in [-0.2, -0.15) is 4.98 Å². The molecule has 0 fully saturated rings. The molecule has 8 nitrogen and oxygen atoms in total. The van der Waals surface area contributed by atoms with Crippen molar-refractivity contribution in [1.29, 1.82) is 0 Å². The maximum atomic E-state index is 12.8. The van der Waals surface area contributed by atoms with Gasteiger partial charge in [0.2, 0.25) is 0 Å². The maximum absolute atomic E-state index is 12.8. The second-order valence-corrected chi connectivity index (χ2v) is 6.20. The van der Waals surface area contributed by atoms with Gasteiger partial charge in [0, 0.05) is 18.9 Å². The van der Waals surface area contributed by atoms with Crippen molar-refractivity contribution in [3.8, 4) is 17.4 Å². The van der Waals surface area contributed by atoms with Crippen LogP contribution >= 0.6 is 0 Å². The van der Waals surface area contributed by atoms with E-state index in [0.29, 0.717) is 23.6 Å². The highest BCUT2D eigenvalue weighted by Crippen LogP contribution is 2.22. The average Bonchev–Trinajstić information content (AvgIpc) is 3.25. The molecule has 0 amide bonds. The number of aromatic nitrogens is 6. The van der Waals surface area contributed by atoms with E-state index in [1.165, 1.54) is 0 Å². The number of ether oxygens (including phenoxy) is 1. The monoisotopic (exact) mass is 372 g/mol. The molecule has 4 heterocycles. The molecule has 5 rings (SSSR count). The van der Waals surface area contributed by atoms with Gasteiger partial charge in [-0.15, -0.1) is 5.10 Å². The normalized spacial score (nSPS) is 11.3. The van der Waals surface area contributed by atoms with Gasteiger partial charge in [0.15, 0.2) is 11.3 Å². The van der Waals surface area contributed by atoms with Gasteiger partial charge in [-0.05, 0) is 55.5 Å². The van der Waals surface area contributed by atoms with E-state index in [9.17, 15) is 4.79 Å². The third kappa shape index (κ3) is 2.54. The van der Waals surface area contributed by atoms with E-state index in [-0.39, 0.29) is 11.7 Å². The first-order valence-corrected chi connectivity index (χ1v) is 8.90. The molecule has 28 heavy (non-hydrogen) atoms. The largest absolute Gasteiger partial charge is 0.423 e. The van der Waals surface area contributed by atoms with Gasteiger partial charge in [-0.25, -0.2) is 18.9 Å². The van der Waals surface area contributed by atoms with Crippen molar-refractivity contribution in [2.24, 2.45) is 0 Å². The molecular formula is C20H16N6O2. The zero-order valence-corrected chi connectivity index (χ0v) is 15.1. The van der Waals surface area contributed by atoms with Crippen molar-refractivity contribution in [2.75, 3.05) is 0 Å². The van der Waals surface area contributed by atoms with Crippen molar-refractivity contribution in [1.82, 2.24) is 28.7 Å². The minimum atomic E-state index is -0.119. The smallest absolute Gasteiger partial charge is 0.341 e. The third-order valence-corrected chi connectivity index (χ3v) is 4.53. The molecule has 0 aliphatic rings. The summed E-state index contributed by atoms with van der Waals surface area (Å²) in [4.78, 5) is 21.5. The summed E-state index contributed by atoms with van der Waals surface area (Å²) < 4.78 is 10.7. The summed E-state index contributed by atoms with van der Waals surface area (Å²) in [5, 5.41) is 4.27. The molecule has 0 unspecified atom stereocenters. The van der Waals surface area contributed by atoms with Crippen LogP contribution in [0.5, 0.6) is 11.8 Å². The summed E-state index contributed by atoms with van der Waals surface area (Å²) in [6, 6.07) is 16.8. The number of aryl methyl sites for hydroxylation is 1. The number of nitrogens with zero attached hydrogens (tertiary/aromatic N) is 6. The fourth-order valence-corrected chi connectivity index (χ4v) is 3.25. The summed E-state index contributed by atoms with van der Waals surface area (Å²) in [5.74, 6) is 0.583. The Balaban J connectivity index is 1.51. The van der Waals surface area contributed by atoms with Crippen LogP contribution in [-0.4, -0.2) is 28.7 Å². The molecule has 0 atom stereocenters. The van der Waals surface area contributed by atoms with Crippen molar-refractivity contribution < 1.29 is 4.74 Å². The Morgan fingerprint density at radius 3 is 2.68 bits per heavy atom. The predicted molar refractivity (Wildman–Crippen MR) is 104 cm³/mol. The summed E-state index contributed by atoms with van der Waals surface area (Å²) in [6.45, 7) is 2.52. The lowest BCUT2D eigenvalue weighted by atomic mass is 10.3. The molecule has 0 saturated carbocycles. The minimum Gasteiger partial charge on any atom is -0.423 e. The first-order chi connectivity index (χ1) is 13.7. The zero-order valence-electron chi connectivity index (χ0n) is 15.1. The Bertz CT molecular complexity index is 1310. The fourth-order valence-electron chi connectivity index (χ4n) is 3.25.